The van der Waals surface area contributed by atoms with Gasteiger partial charge < -0.3 is 20.3 Å². The summed E-state index contributed by atoms with van der Waals surface area (Å²) < 4.78 is 5.67. The smallest absolute Gasteiger partial charge is 0.225 e. The summed E-state index contributed by atoms with van der Waals surface area (Å²) in [4.78, 5) is 21.7. The molecule has 3 rings (SSSR count). The largest absolute Gasteiger partial charge is 0.381 e. The first-order valence-corrected chi connectivity index (χ1v) is 11.9. The van der Waals surface area contributed by atoms with E-state index in [-0.39, 0.29) is 24.0 Å². The number of amides is 1. The Hall–Kier alpha value is -0.610. The van der Waals surface area contributed by atoms with Crippen LogP contribution in [0.5, 0.6) is 0 Å². The first-order chi connectivity index (χ1) is 14.3. The predicted octanol–water partition coefficient (Wildman–Crippen LogP) is 2.31. The normalized spacial score (nSPS) is 20.8. The molecule has 7 nitrogen and oxygen atoms in total. The average molecular weight is 536 g/mol. The zero-order valence-electron chi connectivity index (χ0n) is 18.7. The van der Waals surface area contributed by atoms with Gasteiger partial charge >= 0.3 is 0 Å². The van der Waals surface area contributed by atoms with E-state index in [0.29, 0.717) is 11.8 Å². The van der Waals surface area contributed by atoms with E-state index in [0.717, 1.165) is 96.7 Å². The Morgan fingerprint density at radius 2 is 1.80 bits per heavy atom. The number of ether oxygens (including phenoxy) is 1. The number of halogens is 1. The van der Waals surface area contributed by atoms with Crippen LogP contribution in [0.4, 0.5) is 0 Å². The molecule has 3 aliphatic rings. The SMILES string of the molecule is CCNC(=NCCCOCC1CC1)NCCN1CCN(C(=O)C2CCCC2)CC1.I. The second-order valence-electron chi connectivity index (χ2n) is 8.71. The van der Waals surface area contributed by atoms with Gasteiger partial charge in [-0.05, 0) is 44.9 Å². The van der Waals surface area contributed by atoms with E-state index in [1.54, 1.807) is 0 Å². The molecule has 1 saturated heterocycles. The van der Waals surface area contributed by atoms with Gasteiger partial charge in [0.15, 0.2) is 5.96 Å². The second kappa shape index (κ2) is 14.5. The molecule has 0 aromatic rings. The number of piperazine rings is 1. The standard InChI is InChI=1S/C22H41N5O2.HI/c1-2-23-22(24-10-5-17-29-18-19-8-9-19)25-11-12-26-13-15-27(16-14-26)21(28)20-6-3-4-7-20;/h19-20H,2-18H2,1H3,(H2,23,24,25);1H. The van der Waals surface area contributed by atoms with Gasteiger partial charge in [0.1, 0.15) is 0 Å². The van der Waals surface area contributed by atoms with Crippen molar-refractivity contribution in [1.82, 2.24) is 20.4 Å². The van der Waals surface area contributed by atoms with Gasteiger partial charge in [0.2, 0.25) is 5.91 Å². The van der Waals surface area contributed by atoms with Crippen molar-refractivity contribution >= 4 is 35.8 Å². The lowest BCUT2D eigenvalue weighted by atomic mass is 10.1. The van der Waals surface area contributed by atoms with E-state index in [1.165, 1.54) is 25.7 Å². The van der Waals surface area contributed by atoms with Gasteiger partial charge in [-0.3, -0.25) is 14.7 Å². The minimum Gasteiger partial charge on any atom is -0.381 e. The van der Waals surface area contributed by atoms with E-state index in [4.69, 9.17) is 4.74 Å². The third-order valence-electron chi connectivity index (χ3n) is 6.22. The number of carbonyl (C=O) groups is 1. The van der Waals surface area contributed by atoms with Crippen molar-refractivity contribution in [2.45, 2.75) is 51.9 Å². The quantitative estimate of drug-likeness (QED) is 0.184. The van der Waals surface area contributed by atoms with Gasteiger partial charge in [-0.2, -0.15) is 0 Å². The van der Waals surface area contributed by atoms with Crippen LogP contribution in [-0.4, -0.2) is 87.2 Å². The molecule has 2 N–H and O–H groups in total. The first kappa shape index (κ1) is 25.6. The fourth-order valence-corrected chi connectivity index (χ4v) is 4.19. The summed E-state index contributed by atoms with van der Waals surface area (Å²) in [6.45, 7) is 11.1. The van der Waals surface area contributed by atoms with Crippen LogP contribution in [0.1, 0.15) is 51.9 Å². The van der Waals surface area contributed by atoms with Gasteiger partial charge in [-0.1, -0.05) is 12.8 Å². The van der Waals surface area contributed by atoms with Crippen LogP contribution in [0.2, 0.25) is 0 Å². The van der Waals surface area contributed by atoms with Gasteiger partial charge in [-0.15, -0.1) is 24.0 Å². The monoisotopic (exact) mass is 535 g/mol. The maximum absolute atomic E-state index is 12.5. The molecule has 0 aromatic carbocycles. The Bertz CT molecular complexity index is 516. The molecule has 0 bridgehead atoms. The minimum absolute atomic E-state index is 0. The highest BCUT2D eigenvalue weighted by atomic mass is 127. The van der Waals surface area contributed by atoms with Crippen LogP contribution < -0.4 is 10.6 Å². The summed E-state index contributed by atoms with van der Waals surface area (Å²) in [6.07, 6.45) is 8.32. The third-order valence-corrected chi connectivity index (χ3v) is 6.22. The topological polar surface area (TPSA) is 69.2 Å². The zero-order chi connectivity index (χ0) is 20.3. The van der Waals surface area contributed by atoms with Crippen molar-refractivity contribution in [2.75, 3.05) is 65.6 Å². The van der Waals surface area contributed by atoms with E-state index >= 15 is 0 Å². The van der Waals surface area contributed by atoms with E-state index < -0.39 is 0 Å². The molecule has 0 radical (unpaired) electrons. The van der Waals surface area contributed by atoms with Crippen molar-refractivity contribution in [2.24, 2.45) is 16.8 Å². The number of aliphatic imine (C=N–C) groups is 1. The molecule has 2 aliphatic carbocycles. The number of nitrogens with zero attached hydrogens (tertiary/aromatic N) is 3. The highest BCUT2D eigenvalue weighted by Crippen LogP contribution is 2.28. The summed E-state index contributed by atoms with van der Waals surface area (Å²) in [7, 11) is 0. The first-order valence-electron chi connectivity index (χ1n) is 11.9. The Morgan fingerprint density at radius 1 is 1.07 bits per heavy atom. The predicted molar refractivity (Wildman–Crippen MR) is 133 cm³/mol. The van der Waals surface area contributed by atoms with Gasteiger partial charge in [0.05, 0.1) is 0 Å². The lowest BCUT2D eigenvalue weighted by Crippen LogP contribution is -2.51. The fourth-order valence-electron chi connectivity index (χ4n) is 4.19. The summed E-state index contributed by atoms with van der Waals surface area (Å²) in [6, 6.07) is 0. The summed E-state index contributed by atoms with van der Waals surface area (Å²) in [5.74, 6) is 2.44. The van der Waals surface area contributed by atoms with Crippen LogP contribution in [0.3, 0.4) is 0 Å². The highest BCUT2D eigenvalue weighted by molar-refractivity contribution is 14.0. The maximum atomic E-state index is 12.5. The molecule has 1 aliphatic heterocycles. The number of rotatable bonds is 11. The molecule has 3 fully saturated rings. The van der Waals surface area contributed by atoms with Gasteiger partial charge in [-0.25, -0.2) is 0 Å². The van der Waals surface area contributed by atoms with Crippen molar-refractivity contribution < 1.29 is 9.53 Å². The molecular formula is C22H42IN5O2. The van der Waals surface area contributed by atoms with Gasteiger partial charge in [0, 0.05) is 71.5 Å². The van der Waals surface area contributed by atoms with E-state index in [1.807, 2.05) is 0 Å². The number of hydrogen-bond donors (Lipinski definition) is 2. The lowest BCUT2D eigenvalue weighted by Gasteiger charge is -2.36. The average Bonchev–Trinajstić information content (AvgIpc) is 3.40. The van der Waals surface area contributed by atoms with Crippen LogP contribution >= 0.6 is 24.0 Å². The molecule has 0 aromatic heterocycles. The Labute approximate surface area is 199 Å². The molecule has 1 heterocycles. The van der Waals surface area contributed by atoms with E-state index in [9.17, 15) is 4.79 Å². The fraction of sp³-hybridized carbons (Fsp3) is 0.909. The molecule has 0 spiro atoms. The summed E-state index contributed by atoms with van der Waals surface area (Å²) in [5, 5.41) is 6.76. The Balaban J connectivity index is 0.00000320. The third kappa shape index (κ3) is 9.26. The van der Waals surface area contributed by atoms with Crippen LogP contribution in [-0.2, 0) is 9.53 Å². The molecule has 0 atom stereocenters. The molecule has 1 amide bonds. The molecule has 8 heteroatoms. The Morgan fingerprint density at radius 3 is 2.47 bits per heavy atom. The number of hydrogen-bond acceptors (Lipinski definition) is 4. The van der Waals surface area contributed by atoms with E-state index in [2.05, 4.69) is 32.3 Å². The summed E-state index contributed by atoms with van der Waals surface area (Å²) in [5.41, 5.74) is 0. The molecule has 2 saturated carbocycles. The van der Waals surface area contributed by atoms with Crippen LogP contribution in [0.25, 0.3) is 0 Å². The molecule has 30 heavy (non-hydrogen) atoms. The van der Waals surface area contributed by atoms with Crippen LogP contribution in [0.15, 0.2) is 4.99 Å². The van der Waals surface area contributed by atoms with Crippen molar-refractivity contribution in [1.29, 1.82) is 0 Å². The van der Waals surface area contributed by atoms with Crippen molar-refractivity contribution in [3.63, 3.8) is 0 Å². The second-order valence-corrected chi connectivity index (χ2v) is 8.71. The number of nitrogens with one attached hydrogen (secondary N) is 2. The number of carbonyl (C=O) groups excluding carboxylic acids is 1. The van der Waals surface area contributed by atoms with Crippen molar-refractivity contribution in [3.8, 4) is 0 Å². The zero-order valence-corrected chi connectivity index (χ0v) is 21.1. The number of guanidine groups is 1. The van der Waals surface area contributed by atoms with Gasteiger partial charge in [0.25, 0.3) is 0 Å². The molecule has 0 unspecified atom stereocenters. The molecule has 174 valence electrons. The van der Waals surface area contributed by atoms with Crippen LogP contribution in [0, 0.1) is 11.8 Å². The highest BCUT2D eigenvalue weighted by Gasteiger charge is 2.29. The van der Waals surface area contributed by atoms with Crippen molar-refractivity contribution in [3.05, 3.63) is 0 Å². The lowest BCUT2D eigenvalue weighted by molar-refractivity contribution is -0.137. The Kier molecular flexibility index (Phi) is 12.4. The summed E-state index contributed by atoms with van der Waals surface area (Å²) >= 11 is 0. The molecular weight excluding hydrogens is 493 g/mol. The minimum atomic E-state index is 0. The maximum Gasteiger partial charge on any atom is 0.225 e.